The number of benzene rings is 1. The quantitative estimate of drug-likeness (QED) is 0.770. The Morgan fingerprint density at radius 3 is 2.64 bits per heavy atom. The first-order chi connectivity index (χ1) is 13.6. The molecule has 2 saturated carbocycles. The van der Waals surface area contributed by atoms with Gasteiger partial charge in [-0.1, -0.05) is 37.5 Å². The summed E-state index contributed by atoms with van der Waals surface area (Å²) in [6, 6.07) is 10.2. The van der Waals surface area contributed by atoms with Crippen LogP contribution in [0.5, 0.6) is 0 Å². The fraction of sp³-hybridized carbons (Fsp3) is 0.708. The number of likely N-dealkylation sites (tertiary alicyclic amines) is 1. The number of hydrogen-bond acceptors (Lipinski definition) is 3. The van der Waals surface area contributed by atoms with Gasteiger partial charge in [0.15, 0.2) is 0 Å². The zero-order valence-corrected chi connectivity index (χ0v) is 17.2. The van der Waals surface area contributed by atoms with E-state index >= 15 is 0 Å². The summed E-state index contributed by atoms with van der Waals surface area (Å²) in [6.07, 6.45) is 13.4. The van der Waals surface area contributed by atoms with Crippen molar-refractivity contribution in [1.82, 2.24) is 10.2 Å². The Balaban J connectivity index is 1.30. The monoisotopic (exact) mass is 384 g/mol. The van der Waals surface area contributed by atoms with E-state index in [1.165, 1.54) is 32.1 Å². The smallest absolute Gasteiger partial charge is 0.251 e. The molecule has 28 heavy (non-hydrogen) atoms. The molecule has 2 bridgehead atoms. The van der Waals surface area contributed by atoms with Crippen LogP contribution in [0.3, 0.4) is 0 Å². The van der Waals surface area contributed by atoms with Gasteiger partial charge in [-0.25, -0.2) is 0 Å². The molecular weight excluding hydrogens is 348 g/mol. The summed E-state index contributed by atoms with van der Waals surface area (Å²) < 4.78 is 0. The van der Waals surface area contributed by atoms with Crippen LogP contribution in [0.4, 0.5) is 0 Å². The van der Waals surface area contributed by atoms with Gasteiger partial charge in [0.2, 0.25) is 0 Å². The SMILES string of the molecule is O=C(NC12CCCC(C1)N(CCCC1(O)CCCCC1)CC2)c1ccccc1. The highest BCUT2D eigenvalue weighted by atomic mass is 16.3. The Hall–Kier alpha value is -1.39. The fourth-order valence-electron chi connectivity index (χ4n) is 5.85. The number of amides is 1. The number of nitrogens with one attached hydrogen (secondary N) is 1. The first kappa shape index (κ1) is 19.9. The van der Waals surface area contributed by atoms with Gasteiger partial charge in [-0.2, -0.15) is 0 Å². The second-order valence-corrected chi connectivity index (χ2v) is 9.53. The number of aliphatic hydroxyl groups is 1. The molecule has 0 spiro atoms. The van der Waals surface area contributed by atoms with Crippen molar-refractivity contribution in [3.05, 3.63) is 35.9 Å². The van der Waals surface area contributed by atoms with E-state index in [2.05, 4.69) is 10.2 Å². The van der Waals surface area contributed by atoms with Gasteiger partial charge in [-0.15, -0.1) is 0 Å². The summed E-state index contributed by atoms with van der Waals surface area (Å²) in [7, 11) is 0. The van der Waals surface area contributed by atoms with Crippen LogP contribution in [0.1, 0.15) is 87.4 Å². The lowest BCUT2D eigenvalue weighted by Gasteiger charge is -2.51. The van der Waals surface area contributed by atoms with Crippen molar-refractivity contribution in [3.8, 4) is 0 Å². The summed E-state index contributed by atoms with van der Waals surface area (Å²) in [6.45, 7) is 2.16. The molecular formula is C24H36N2O2. The minimum atomic E-state index is -0.395. The van der Waals surface area contributed by atoms with Crippen molar-refractivity contribution >= 4 is 5.91 Å². The van der Waals surface area contributed by atoms with E-state index in [1.807, 2.05) is 30.3 Å². The van der Waals surface area contributed by atoms with Crippen molar-refractivity contribution < 1.29 is 9.90 Å². The average molecular weight is 385 g/mol. The van der Waals surface area contributed by atoms with Crippen LogP contribution < -0.4 is 5.32 Å². The summed E-state index contributed by atoms with van der Waals surface area (Å²) in [4.78, 5) is 15.4. The summed E-state index contributed by atoms with van der Waals surface area (Å²) in [5.41, 5.74) is 0.351. The van der Waals surface area contributed by atoms with E-state index in [9.17, 15) is 9.90 Å². The molecule has 4 nitrogen and oxygen atoms in total. The fourth-order valence-corrected chi connectivity index (χ4v) is 5.85. The van der Waals surface area contributed by atoms with Crippen LogP contribution in [0.15, 0.2) is 30.3 Å². The van der Waals surface area contributed by atoms with Gasteiger partial charge in [0.05, 0.1) is 5.60 Å². The topological polar surface area (TPSA) is 52.6 Å². The second kappa shape index (κ2) is 8.54. The molecule has 1 heterocycles. The van der Waals surface area contributed by atoms with Crippen LogP contribution in [-0.2, 0) is 0 Å². The molecule has 4 heteroatoms. The number of hydrogen-bond donors (Lipinski definition) is 2. The van der Waals surface area contributed by atoms with Crippen LogP contribution in [-0.4, -0.2) is 46.2 Å². The molecule has 2 N–H and O–H groups in total. The third-order valence-electron chi connectivity index (χ3n) is 7.50. The number of fused-ring (bicyclic) bond motifs is 2. The van der Waals surface area contributed by atoms with Crippen molar-refractivity contribution in [2.75, 3.05) is 13.1 Å². The number of piperidine rings is 1. The minimum absolute atomic E-state index is 0.0199. The molecule has 4 rings (SSSR count). The van der Waals surface area contributed by atoms with Crippen molar-refractivity contribution in [2.45, 2.75) is 94.2 Å². The van der Waals surface area contributed by atoms with E-state index in [1.54, 1.807) is 0 Å². The molecule has 1 aromatic rings. The standard InChI is InChI=1S/C24H36N2O2/c27-22(20-9-3-1-4-10-20)25-23-12-7-11-21(19-23)26(18-16-23)17-8-15-24(28)13-5-2-6-14-24/h1,3-4,9-10,21,28H,2,5-8,11-19H2,(H,25,27). The van der Waals surface area contributed by atoms with Crippen molar-refractivity contribution in [3.63, 3.8) is 0 Å². The van der Waals surface area contributed by atoms with Crippen LogP contribution in [0, 0.1) is 0 Å². The van der Waals surface area contributed by atoms with Crippen molar-refractivity contribution in [2.24, 2.45) is 0 Å². The summed E-state index contributed by atoms with van der Waals surface area (Å²) >= 11 is 0. The molecule has 1 amide bonds. The van der Waals surface area contributed by atoms with Gasteiger partial charge in [-0.3, -0.25) is 4.79 Å². The van der Waals surface area contributed by atoms with Crippen LogP contribution in [0.2, 0.25) is 0 Å². The van der Waals surface area contributed by atoms with Gasteiger partial charge in [0.25, 0.3) is 5.91 Å². The largest absolute Gasteiger partial charge is 0.390 e. The van der Waals surface area contributed by atoms with Gasteiger partial charge in [0, 0.05) is 23.7 Å². The first-order valence-corrected chi connectivity index (χ1v) is 11.4. The third-order valence-corrected chi connectivity index (χ3v) is 7.50. The van der Waals surface area contributed by atoms with Crippen LogP contribution in [0.25, 0.3) is 0 Å². The van der Waals surface area contributed by atoms with Gasteiger partial charge in [0.1, 0.15) is 0 Å². The highest BCUT2D eigenvalue weighted by molar-refractivity contribution is 5.94. The Morgan fingerprint density at radius 1 is 1.07 bits per heavy atom. The Morgan fingerprint density at radius 2 is 1.86 bits per heavy atom. The molecule has 3 fully saturated rings. The maximum Gasteiger partial charge on any atom is 0.251 e. The van der Waals surface area contributed by atoms with Gasteiger partial charge >= 0.3 is 0 Å². The molecule has 1 aliphatic heterocycles. The zero-order valence-electron chi connectivity index (χ0n) is 17.2. The summed E-state index contributed by atoms with van der Waals surface area (Å²) in [5.74, 6) is 0.0780. The number of carbonyl (C=O) groups is 1. The molecule has 2 atom stereocenters. The molecule has 154 valence electrons. The molecule has 1 saturated heterocycles. The van der Waals surface area contributed by atoms with Crippen molar-refractivity contribution in [1.29, 1.82) is 0 Å². The number of rotatable bonds is 6. The van der Waals surface area contributed by atoms with E-state index in [-0.39, 0.29) is 11.4 Å². The van der Waals surface area contributed by atoms with Gasteiger partial charge in [-0.05, 0) is 76.5 Å². The van der Waals surface area contributed by atoms with E-state index < -0.39 is 5.60 Å². The highest BCUT2D eigenvalue weighted by Gasteiger charge is 2.43. The predicted molar refractivity (Wildman–Crippen MR) is 112 cm³/mol. The number of carbonyl (C=O) groups excluding carboxylic acids is 1. The Labute approximate surface area is 169 Å². The van der Waals surface area contributed by atoms with E-state index in [0.717, 1.165) is 63.6 Å². The zero-order chi connectivity index (χ0) is 19.5. The lowest BCUT2D eigenvalue weighted by Crippen LogP contribution is -2.60. The first-order valence-electron chi connectivity index (χ1n) is 11.4. The lowest BCUT2D eigenvalue weighted by atomic mass is 9.73. The summed E-state index contributed by atoms with van der Waals surface area (Å²) in [5, 5.41) is 14.2. The molecule has 3 aliphatic rings. The Bertz CT molecular complexity index is 656. The van der Waals surface area contributed by atoms with E-state index in [0.29, 0.717) is 6.04 Å². The maximum absolute atomic E-state index is 12.7. The highest BCUT2D eigenvalue weighted by Crippen LogP contribution is 2.39. The molecule has 2 unspecified atom stereocenters. The second-order valence-electron chi connectivity index (χ2n) is 9.53. The molecule has 0 aromatic heterocycles. The molecule has 2 aliphatic carbocycles. The van der Waals surface area contributed by atoms with Crippen LogP contribution >= 0.6 is 0 Å². The third kappa shape index (κ3) is 4.60. The number of nitrogens with zero attached hydrogens (tertiary/aromatic N) is 1. The Kier molecular flexibility index (Phi) is 6.07. The maximum atomic E-state index is 12.7. The lowest BCUT2D eigenvalue weighted by molar-refractivity contribution is -0.0135. The minimum Gasteiger partial charge on any atom is -0.390 e. The normalized spacial score (nSPS) is 30.0. The van der Waals surface area contributed by atoms with Gasteiger partial charge < -0.3 is 15.3 Å². The average Bonchev–Trinajstić information content (AvgIpc) is 2.71. The predicted octanol–water partition coefficient (Wildman–Crippen LogP) is 4.28. The van der Waals surface area contributed by atoms with E-state index in [4.69, 9.17) is 0 Å². The molecule has 1 aromatic carbocycles. The molecule has 0 radical (unpaired) electrons.